The lowest BCUT2D eigenvalue weighted by Gasteiger charge is -2.35. The number of hydrogen-bond acceptors (Lipinski definition) is 14. The van der Waals surface area contributed by atoms with Crippen LogP contribution in [0.1, 0.15) is 135 Å². The van der Waals surface area contributed by atoms with Crippen LogP contribution in [-0.2, 0) is 52.6 Å². The Hall–Kier alpha value is -7.77. The lowest BCUT2D eigenvalue weighted by molar-refractivity contribution is -0.144. The van der Waals surface area contributed by atoms with Gasteiger partial charge in [0.15, 0.2) is 11.6 Å². The topological polar surface area (TPSA) is 336 Å². The van der Waals surface area contributed by atoms with Gasteiger partial charge < -0.3 is 56.3 Å². The van der Waals surface area contributed by atoms with Gasteiger partial charge in [0.2, 0.25) is 35.4 Å². The second kappa shape index (κ2) is 27.5. The normalized spacial score (nSPS) is 18.8. The summed E-state index contributed by atoms with van der Waals surface area (Å²) < 4.78 is 49.0. The number of amides is 6. The molecule has 1 saturated heterocycles. The number of hydrogen-bond donors (Lipinski definition) is 10. The molecule has 26 heteroatoms. The Morgan fingerprint density at radius 1 is 0.921 bits per heavy atom. The Balaban J connectivity index is 0.780. The smallest absolute Gasteiger partial charge is 0.396 e. The molecule has 3 aliphatic heterocycles. The van der Waals surface area contributed by atoms with E-state index in [0.29, 0.717) is 41.4 Å². The van der Waals surface area contributed by atoms with E-state index in [4.69, 9.17) is 10.5 Å². The summed E-state index contributed by atoms with van der Waals surface area (Å²) in [5.74, 6) is -5.40. The number of likely N-dealkylation sites (tertiary alicyclic amines) is 1. The van der Waals surface area contributed by atoms with Gasteiger partial charge in [0.1, 0.15) is 36.8 Å². The second-order valence-corrected chi connectivity index (χ2v) is 26.5. The van der Waals surface area contributed by atoms with Crippen LogP contribution >= 0.6 is 18.9 Å². The number of nitrogens with one attached hydrogen (secondary N) is 5. The maximum Gasteiger partial charge on any atom is 0.396 e. The number of thiazole rings is 1. The van der Waals surface area contributed by atoms with Crippen LogP contribution in [0, 0.1) is 24.0 Å². The van der Waals surface area contributed by atoms with E-state index in [1.54, 1.807) is 32.3 Å². The predicted octanol–water partition coefficient (Wildman–Crippen LogP) is 6.35. The van der Waals surface area contributed by atoms with Crippen molar-refractivity contribution in [2.75, 3.05) is 18.1 Å². The molecule has 6 amide bonds. The lowest BCUT2D eigenvalue weighted by Crippen LogP contribution is -2.57. The molecular weight excluding hydrogens is 1190 g/mol. The number of β-amino-alcohol motifs (C(OH)–C–C–N with tert-alkyl or cyclic N) is 1. The number of H-pyrrole nitrogens is 1. The number of nitrogens with two attached hydrogens (primary N) is 1. The Bertz CT molecular complexity index is 3720. The van der Waals surface area contributed by atoms with E-state index in [2.05, 4.69) is 31.2 Å². The summed E-state index contributed by atoms with van der Waals surface area (Å²) in [6.07, 6.45) is -1.16. The average molecular weight is 1270 g/mol. The molecule has 474 valence electrons. The number of aromatic nitrogens is 2. The average Bonchev–Trinajstić information content (AvgIpc) is 1.70. The van der Waals surface area contributed by atoms with Crippen molar-refractivity contribution in [3.8, 4) is 16.2 Å². The van der Waals surface area contributed by atoms with E-state index in [1.807, 2.05) is 50.2 Å². The Morgan fingerprint density at radius 2 is 1.65 bits per heavy atom. The van der Waals surface area contributed by atoms with Crippen LogP contribution in [0.3, 0.4) is 0 Å². The zero-order valence-corrected chi connectivity index (χ0v) is 51.6. The van der Waals surface area contributed by atoms with Crippen molar-refractivity contribution < 1.29 is 71.6 Å². The molecule has 0 bridgehead atoms. The molecule has 0 spiro atoms. The predicted molar refractivity (Wildman–Crippen MR) is 327 cm³/mol. The van der Waals surface area contributed by atoms with E-state index in [9.17, 15) is 58.1 Å². The number of nitrogens with zero attached hydrogens (tertiary/aromatic N) is 3. The minimum absolute atomic E-state index is 0.0175. The summed E-state index contributed by atoms with van der Waals surface area (Å²) in [7, 11) is -5.07. The van der Waals surface area contributed by atoms with Crippen molar-refractivity contribution in [2.45, 2.75) is 154 Å². The molecule has 0 aliphatic carbocycles. The van der Waals surface area contributed by atoms with Gasteiger partial charge in [0.05, 0.1) is 51.7 Å². The van der Waals surface area contributed by atoms with Crippen LogP contribution in [0.25, 0.3) is 21.3 Å². The molecule has 0 saturated carbocycles. The number of fused-ring (bicyclic) bond motifs is 1. The second-order valence-electron chi connectivity index (χ2n) is 24.2. The number of aliphatic hydroxyl groups is 2. The summed E-state index contributed by atoms with van der Waals surface area (Å²) in [6.45, 7) is 8.63. The third-order valence-electron chi connectivity index (χ3n) is 16.6. The molecule has 0 radical (unpaired) electrons. The Labute approximate surface area is 516 Å². The van der Waals surface area contributed by atoms with Crippen molar-refractivity contribution >= 4 is 76.5 Å². The number of carbonyl (C=O) groups excluding carboxylic acids is 7. The van der Waals surface area contributed by atoms with E-state index in [1.165, 1.54) is 45.4 Å². The Morgan fingerprint density at radius 3 is 2.35 bits per heavy atom. The van der Waals surface area contributed by atoms with Gasteiger partial charge in [-0.3, -0.25) is 48.3 Å². The number of aromatic amines is 1. The first-order chi connectivity index (χ1) is 42.2. The highest BCUT2D eigenvalue weighted by Gasteiger charge is 2.46. The zero-order valence-electron chi connectivity index (χ0n) is 49.9. The maximum atomic E-state index is 16.2. The number of aryl methyl sites for hydroxylation is 2. The number of rotatable bonds is 25. The lowest BCUT2D eigenvalue weighted by atomic mass is 9.85. The zero-order chi connectivity index (χ0) is 64.2. The minimum Gasteiger partial charge on any atom is -0.488 e. The molecule has 1 unspecified atom stereocenters. The van der Waals surface area contributed by atoms with Gasteiger partial charge in [-0.25, -0.2) is 13.8 Å². The van der Waals surface area contributed by atoms with E-state index < -0.39 is 121 Å². The molecule has 1 fully saturated rings. The molecule has 3 aliphatic rings. The van der Waals surface area contributed by atoms with Crippen molar-refractivity contribution in [3.63, 3.8) is 0 Å². The number of unbranched alkanes of at least 4 members (excludes halogenated alkanes) is 2. The summed E-state index contributed by atoms with van der Waals surface area (Å²) in [5.41, 5.74) is 10.1. The summed E-state index contributed by atoms with van der Waals surface area (Å²) in [4.78, 5) is 125. The number of carbonyl (C=O) groups is 7. The molecule has 2 aromatic heterocycles. The van der Waals surface area contributed by atoms with Gasteiger partial charge in [0.25, 0.3) is 5.52 Å². The molecular formula is C63H74F2N9O13PS. The first-order valence-corrected chi connectivity index (χ1v) is 32.0. The summed E-state index contributed by atoms with van der Waals surface area (Å²) in [5, 5.41) is 34.2. The van der Waals surface area contributed by atoms with Crippen LogP contribution in [0.2, 0.25) is 0 Å². The van der Waals surface area contributed by atoms with Crippen molar-refractivity contribution in [2.24, 2.45) is 11.1 Å². The van der Waals surface area contributed by atoms with E-state index in [0.717, 1.165) is 39.4 Å². The van der Waals surface area contributed by atoms with Crippen LogP contribution in [0.4, 0.5) is 14.5 Å². The van der Waals surface area contributed by atoms with Crippen LogP contribution in [0.5, 0.6) is 5.75 Å². The standard InChI is InChI=1S/C63H74F2N9O13PS/c1-33(35-14-16-37(17-15-35)55-34(2)67-32-89-55)68-58(79)48-29-42(75)30-73(48)61(82)56(63(3,4)5)72-52(77)13-8-6-7-12-43-44(64)21-24-50(53(43)65)87-31-41(20-25-51(66)76)69-59(80)49-28-38-11-9-10-36-18-23-46(60(81)74(49)54(36)38)71-57(78)47-27-40-26-39(19-22-45(40)70-47)62(83)88(84,85)86/h9-11,14-17,19,21-22,24,26-27,32-33,41-42,46,48-49,56-57,70-71,75,78H,6-8,12-13,18,20,23,25,28-31H2,1-5H3,(H2,66,76)(H,68,79)(H,69,80)(H,72,77)(H2,84,85,86)/t33-,41-,42+,46-,48-,49-,56+,57?/m0/s1. The number of primary amides is 1. The fourth-order valence-corrected chi connectivity index (χ4v) is 13.1. The first kappa shape index (κ1) is 65.7. The third-order valence-corrected chi connectivity index (χ3v) is 18.3. The van der Waals surface area contributed by atoms with Gasteiger partial charge in [-0.1, -0.05) is 69.7 Å². The Kier molecular flexibility index (Phi) is 20.3. The van der Waals surface area contributed by atoms with E-state index >= 15 is 8.78 Å². The monoisotopic (exact) mass is 1270 g/mol. The van der Waals surface area contributed by atoms with Crippen molar-refractivity contribution in [1.29, 1.82) is 0 Å². The maximum absolute atomic E-state index is 16.2. The van der Waals surface area contributed by atoms with Gasteiger partial charge in [-0.05, 0) is 116 Å². The number of anilines is 1. The van der Waals surface area contributed by atoms with Crippen molar-refractivity contribution in [3.05, 3.63) is 135 Å². The fraction of sp³-hybridized carbons (Fsp3) is 0.429. The van der Waals surface area contributed by atoms with Crippen LogP contribution < -0.4 is 36.6 Å². The van der Waals surface area contributed by atoms with Gasteiger partial charge in [-0.15, -0.1) is 11.3 Å². The number of ether oxygens (including phenoxy) is 1. The fourth-order valence-electron chi connectivity index (χ4n) is 11.8. The number of aliphatic hydroxyl groups excluding tert-OH is 2. The minimum atomic E-state index is -5.07. The van der Waals surface area contributed by atoms with Gasteiger partial charge in [-0.2, -0.15) is 0 Å². The van der Waals surface area contributed by atoms with Crippen LogP contribution in [0.15, 0.2) is 84.4 Å². The molecule has 22 nitrogen and oxygen atoms in total. The molecule has 9 rings (SSSR count). The molecule has 8 atom stereocenters. The molecule has 5 heterocycles. The number of halogens is 2. The highest BCUT2D eigenvalue weighted by atomic mass is 32.1. The molecule has 4 aromatic carbocycles. The third kappa shape index (κ3) is 15.3. The summed E-state index contributed by atoms with van der Waals surface area (Å²) >= 11 is 1.54. The summed E-state index contributed by atoms with van der Waals surface area (Å²) in [6, 6.07) is 15.2. The first-order valence-electron chi connectivity index (χ1n) is 29.5. The molecule has 89 heavy (non-hydrogen) atoms. The molecule has 11 N–H and O–H groups in total. The highest BCUT2D eigenvalue weighted by molar-refractivity contribution is 7.70. The van der Waals surface area contributed by atoms with E-state index in [-0.39, 0.29) is 80.5 Å². The highest BCUT2D eigenvalue weighted by Crippen LogP contribution is 2.41. The van der Waals surface area contributed by atoms with Crippen LogP contribution in [-0.4, -0.2) is 125 Å². The molecule has 6 aromatic rings. The SMILES string of the molecule is Cc1ncsc1-c1ccc([C@H](C)NC(=O)[C@@H]2C[C@@H](O)CN2C(=O)[C@@H](NC(=O)CCCCCc2c(F)ccc(OC[C@H](CCC(N)=O)NC(=O)[C@@H]3Cc4cccc5c4N3C(=O)[C@@H](NC(O)c3cc4cc(C(=O)P(=O)(O)O)ccc4[nH]3)CC5)c2F)C(C)(C)C)cc1. The van der Waals surface area contributed by atoms with Gasteiger partial charge >= 0.3 is 7.60 Å². The van der Waals surface area contributed by atoms with Crippen molar-refractivity contribution in [1.82, 2.24) is 36.1 Å². The van der Waals surface area contributed by atoms with Gasteiger partial charge in [0, 0.05) is 54.3 Å². The quantitative estimate of drug-likeness (QED) is 0.0170. The number of benzene rings is 4. The largest absolute Gasteiger partial charge is 0.488 e. The number of para-hydroxylation sites is 1.